The molecule has 2 aromatic carbocycles. The van der Waals surface area contributed by atoms with Crippen molar-refractivity contribution < 1.29 is 15.0 Å². The van der Waals surface area contributed by atoms with Crippen LogP contribution in [0.4, 0.5) is 14.6 Å². The number of rotatable bonds is 7. The highest BCUT2D eigenvalue weighted by atomic mass is 127. The molecule has 6 nitrogen and oxygen atoms in total. The Morgan fingerprint density at radius 1 is 0.974 bits per heavy atom. The first-order chi connectivity index (χ1) is 18.9. The molecule has 2 saturated heterocycles. The van der Waals surface area contributed by atoms with Crippen molar-refractivity contribution in [1.29, 1.82) is 0 Å². The lowest BCUT2D eigenvalue weighted by Crippen LogP contribution is -2.53. The molecule has 10 heteroatoms. The summed E-state index contributed by atoms with van der Waals surface area (Å²) in [6.45, 7) is 7.08. The molecule has 0 radical (unpaired) electrons. The van der Waals surface area contributed by atoms with Gasteiger partial charge in [-0.05, 0) is 90.0 Å². The lowest BCUT2D eigenvalue weighted by Gasteiger charge is -2.43. The van der Waals surface area contributed by atoms with Crippen molar-refractivity contribution in [3.63, 3.8) is 0 Å². The summed E-state index contributed by atoms with van der Waals surface area (Å²) in [4.78, 5) is 24.7. The van der Waals surface area contributed by atoms with Gasteiger partial charge in [-0.2, -0.15) is 0 Å². The lowest BCUT2D eigenvalue weighted by molar-refractivity contribution is 0.0950. The normalized spacial score (nSPS) is 17.4. The van der Waals surface area contributed by atoms with Gasteiger partial charge in [0.25, 0.3) is 5.91 Å². The van der Waals surface area contributed by atoms with Crippen LogP contribution in [0.5, 0.6) is 0 Å². The third-order valence-corrected chi connectivity index (χ3v) is 8.57. The Labute approximate surface area is 248 Å². The number of hydrogen-bond acceptors (Lipinski definition) is 5. The molecule has 3 heterocycles. The minimum atomic E-state index is -0.929. The van der Waals surface area contributed by atoms with E-state index >= 15 is 0 Å². The molecule has 1 N–H and O–H groups in total. The highest BCUT2D eigenvalue weighted by Gasteiger charge is 2.28. The molecule has 5 rings (SSSR count). The molecule has 0 atom stereocenters. The average molecular weight is 668 g/mol. The van der Waals surface area contributed by atoms with Gasteiger partial charge in [0.1, 0.15) is 5.82 Å². The van der Waals surface area contributed by atoms with Crippen molar-refractivity contribution in [2.45, 2.75) is 32.0 Å². The molecular weight excluding hydrogens is 635 g/mol. The molecule has 0 spiro atoms. The van der Waals surface area contributed by atoms with E-state index < -0.39 is 11.6 Å². The van der Waals surface area contributed by atoms with Gasteiger partial charge < -0.3 is 10.2 Å². The second kappa shape index (κ2) is 12.9. The van der Waals surface area contributed by atoms with Gasteiger partial charge in [0.2, 0.25) is 0 Å². The number of nitrogens with zero attached hydrogens (tertiary/aromatic N) is 4. The van der Waals surface area contributed by atoms with Crippen LogP contribution in [0.2, 0.25) is 5.02 Å². The van der Waals surface area contributed by atoms with E-state index in [0.717, 1.165) is 72.4 Å². The summed E-state index contributed by atoms with van der Waals surface area (Å²) in [6, 6.07) is 14.2. The number of likely N-dealkylation sites (tertiary alicyclic amines) is 1. The number of carbonyl (C=O) groups is 1. The van der Waals surface area contributed by atoms with E-state index in [1.54, 1.807) is 6.20 Å². The van der Waals surface area contributed by atoms with Gasteiger partial charge in [-0.25, -0.2) is 13.8 Å². The molecule has 2 aliphatic heterocycles. The molecule has 1 amide bonds. The van der Waals surface area contributed by atoms with Crippen molar-refractivity contribution in [3.8, 4) is 0 Å². The van der Waals surface area contributed by atoms with Crippen molar-refractivity contribution in [1.82, 2.24) is 20.1 Å². The van der Waals surface area contributed by atoms with Crippen LogP contribution in [0.25, 0.3) is 0 Å². The second-order valence-electron chi connectivity index (χ2n) is 10.1. The Bertz CT molecular complexity index is 1300. The van der Waals surface area contributed by atoms with Crippen molar-refractivity contribution >= 4 is 45.9 Å². The third-order valence-electron chi connectivity index (χ3n) is 7.53. The fourth-order valence-corrected chi connectivity index (χ4v) is 6.25. The molecule has 3 aromatic rings. The minimum absolute atomic E-state index is 0. The van der Waals surface area contributed by atoms with Crippen molar-refractivity contribution in [2.75, 3.05) is 44.2 Å². The van der Waals surface area contributed by atoms with Gasteiger partial charge in [-0.3, -0.25) is 14.6 Å². The maximum absolute atomic E-state index is 13.4. The zero-order valence-corrected chi connectivity index (χ0v) is 24.5. The Balaban J connectivity index is 0.00000370. The zero-order valence-electron chi connectivity index (χ0n) is 21.6. The average Bonchev–Trinajstić information content (AvgIpc) is 2.95. The summed E-state index contributed by atoms with van der Waals surface area (Å²) in [7, 11) is 0. The summed E-state index contributed by atoms with van der Waals surface area (Å²) >= 11 is 8.24. The molecule has 0 aliphatic carbocycles. The van der Waals surface area contributed by atoms with Gasteiger partial charge >= 0.3 is 0 Å². The first-order valence-corrected chi connectivity index (χ1v) is 14.6. The van der Waals surface area contributed by atoms with Crippen LogP contribution in [0.1, 0.15) is 35.8 Å². The maximum Gasteiger partial charge on any atom is 0.253 e. The van der Waals surface area contributed by atoms with Crippen LogP contribution >= 0.6 is 34.2 Å². The number of benzene rings is 2. The molecule has 2 fully saturated rings. The number of piperidine rings is 1. The Morgan fingerprint density at radius 2 is 1.67 bits per heavy atom. The smallest absolute Gasteiger partial charge is 0.253 e. The molecule has 208 valence electrons. The van der Waals surface area contributed by atoms with E-state index in [0.29, 0.717) is 17.2 Å². The summed E-state index contributed by atoms with van der Waals surface area (Å²) in [6.07, 6.45) is 3.94. The first-order valence-electron chi connectivity index (χ1n) is 13.2. The number of piperazine rings is 1. The van der Waals surface area contributed by atoms with E-state index in [2.05, 4.69) is 59.7 Å². The monoisotopic (exact) mass is 667 g/mol. The molecule has 1 aromatic heterocycles. The van der Waals surface area contributed by atoms with E-state index in [1.165, 1.54) is 24.5 Å². The van der Waals surface area contributed by atoms with Crippen molar-refractivity contribution in [3.05, 3.63) is 91.6 Å². The Kier molecular flexibility index (Phi) is 9.32. The number of hydrogen-bond donors (Lipinski definition) is 1. The van der Waals surface area contributed by atoms with E-state index in [4.69, 9.17) is 11.6 Å². The van der Waals surface area contributed by atoms with E-state index in [9.17, 15) is 13.6 Å². The number of carbonyl (C=O) groups excluding carboxylic acids is 1. The first kappa shape index (κ1) is 28.2. The highest BCUT2D eigenvalue weighted by molar-refractivity contribution is 14.1. The largest absolute Gasteiger partial charge is 0.353 e. The maximum atomic E-state index is 13.4. The lowest BCUT2D eigenvalue weighted by atomic mass is 10.0. The number of anilines is 1. The number of pyridine rings is 1. The second-order valence-corrected chi connectivity index (χ2v) is 11.7. The molecule has 0 saturated carbocycles. The summed E-state index contributed by atoms with van der Waals surface area (Å²) in [5.41, 5.74) is 2.24. The molecule has 39 heavy (non-hydrogen) atoms. The third kappa shape index (κ3) is 7.25. The van der Waals surface area contributed by atoms with Gasteiger partial charge in [-0.15, -0.1) is 0 Å². The van der Waals surface area contributed by atoms with Gasteiger partial charge in [0, 0.05) is 58.0 Å². The fourth-order valence-electron chi connectivity index (χ4n) is 5.31. The predicted octanol–water partition coefficient (Wildman–Crippen LogP) is 5.58. The number of aromatic nitrogens is 1. The Morgan fingerprint density at radius 3 is 2.33 bits per heavy atom. The van der Waals surface area contributed by atoms with Crippen LogP contribution in [0, 0.1) is 15.2 Å². The standard InChI is InChI=1S/C29H31ClF2IN5O.H2/c30-23-4-1-20(2-5-23)19-36-9-7-24(8-10-36)37-11-13-38(14-12-37)28-27(33)16-22(18-34-28)29(39)35-17-21-3-6-25(31)26(32)15-21;/h1-6,15-16,18,24H,7-14,17,19H2,(H,35,39);1H. The van der Waals surface area contributed by atoms with Crippen LogP contribution in [-0.4, -0.2) is 66.0 Å². The summed E-state index contributed by atoms with van der Waals surface area (Å²) in [5.74, 6) is -1.24. The SMILES string of the molecule is O=C(NCc1ccc(F)c(F)c1)c1cnc(N2CCN(C3CCN(Cc4ccc(Cl)cc4)CC3)CC2)c(I)c1.[HH]. The number of halogens is 4. The Hall–Kier alpha value is -2.34. The topological polar surface area (TPSA) is 51.7 Å². The highest BCUT2D eigenvalue weighted by Crippen LogP contribution is 2.25. The molecular formula is C29H33ClF2IN5O. The van der Waals surface area contributed by atoms with Crippen LogP contribution in [-0.2, 0) is 13.1 Å². The van der Waals surface area contributed by atoms with Crippen LogP contribution in [0.3, 0.4) is 0 Å². The van der Waals surface area contributed by atoms with Crippen LogP contribution < -0.4 is 10.2 Å². The van der Waals surface area contributed by atoms with E-state index in [-0.39, 0.29) is 13.9 Å². The van der Waals surface area contributed by atoms with Gasteiger partial charge in [0.05, 0.1) is 9.13 Å². The minimum Gasteiger partial charge on any atom is -0.353 e. The van der Waals surface area contributed by atoms with Gasteiger partial charge in [-0.1, -0.05) is 29.8 Å². The molecule has 2 aliphatic rings. The summed E-state index contributed by atoms with van der Waals surface area (Å²) in [5, 5.41) is 3.53. The zero-order chi connectivity index (χ0) is 27.4. The number of nitrogens with one attached hydrogen (secondary N) is 1. The quantitative estimate of drug-likeness (QED) is 0.334. The molecule has 0 unspecified atom stereocenters. The number of amides is 1. The summed E-state index contributed by atoms with van der Waals surface area (Å²) < 4.78 is 27.5. The van der Waals surface area contributed by atoms with Crippen molar-refractivity contribution in [2.24, 2.45) is 0 Å². The predicted molar refractivity (Wildman–Crippen MR) is 160 cm³/mol. The fraction of sp³-hybridized carbons (Fsp3) is 0.379. The van der Waals surface area contributed by atoms with Gasteiger partial charge in [0.15, 0.2) is 11.6 Å². The molecule has 0 bridgehead atoms. The van der Waals surface area contributed by atoms with Crippen LogP contribution in [0.15, 0.2) is 54.7 Å². The van der Waals surface area contributed by atoms with E-state index in [1.807, 2.05) is 18.2 Å².